The third-order valence-electron chi connectivity index (χ3n) is 4.53. The van der Waals surface area contributed by atoms with E-state index in [-0.39, 0.29) is 11.8 Å². The minimum absolute atomic E-state index is 0.129. The van der Waals surface area contributed by atoms with Crippen LogP contribution < -0.4 is 5.32 Å². The second-order valence-corrected chi connectivity index (χ2v) is 7.40. The van der Waals surface area contributed by atoms with Gasteiger partial charge in [-0.3, -0.25) is 9.59 Å². The highest BCUT2D eigenvalue weighted by atomic mass is 32.2. The highest BCUT2D eigenvalue weighted by Crippen LogP contribution is 2.25. The lowest BCUT2D eigenvalue weighted by molar-refractivity contribution is -0.119. The van der Waals surface area contributed by atoms with E-state index in [1.165, 1.54) is 6.33 Å². The van der Waals surface area contributed by atoms with Gasteiger partial charge in [0, 0.05) is 17.0 Å². The molecule has 0 bridgehead atoms. The number of thioether (sulfide) groups is 1. The first-order valence-electron chi connectivity index (χ1n) is 8.72. The van der Waals surface area contributed by atoms with Crippen molar-refractivity contribution in [3.8, 4) is 5.69 Å². The Balaban J connectivity index is 1.48. The Morgan fingerprint density at radius 2 is 2.00 bits per heavy atom. The quantitative estimate of drug-likeness (QED) is 0.729. The summed E-state index contributed by atoms with van der Waals surface area (Å²) in [5, 5.41) is 14.1. The molecule has 4 rings (SSSR count). The Morgan fingerprint density at radius 1 is 1.18 bits per heavy atom. The van der Waals surface area contributed by atoms with Gasteiger partial charge in [0.05, 0.1) is 11.6 Å². The van der Waals surface area contributed by atoms with Crippen molar-refractivity contribution < 1.29 is 9.59 Å². The maximum Gasteiger partial charge on any atom is 0.255 e. The molecule has 1 saturated heterocycles. The Bertz CT molecular complexity index is 993. The highest BCUT2D eigenvalue weighted by molar-refractivity contribution is 7.99. The van der Waals surface area contributed by atoms with Crippen molar-refractivity contribution >= 4 is 29.3 Å². The van der Waals surface area contributed by atoms with E-state index in [1.807, 2.05) is 37.3 Å². The molecule has 2 aromatic carbocycles. The lowest BCUT2D eigenvalue weighted by Crippen LogP contribution is -2.44. The third-order valence-corrected chi connectivity index (χ3v) is 5.54. The minimum Gasteiger partial charge on any atom is -0.324 e. The lowest BCUT2D eigenvalue weighted by Gasteiger charge is -2.23. The summed E-state index contributed by atoms with van der Waals surface area (Å²) in [6, 6.07) is 14.0. The van der Waals surface area contributed by atoms with Gasteiger partial charge < -0.3 is 10.2 Å². The number of aryl methyl sites for hydroxylation is 1. The number of carbonyl (C=O) groups excluding carboxylic acids is 2. The first kappa shape index (κ1) is 18.2. The van der Waals surface area contributed by atoms with Crippen LogP contribution in [0.15, 0.2) is 54.9 Å². The zero-order valence-electron chi connectivity index (χ0n) is 15.1. The van der Waals surface area contributed by atoms with E-state index in [4.69, 9.17) is 0 Å². The van der Waals surface area contributed by atoms with Crippen molar-refractivity contribution in [2.24, 2.45) is 0 Å². The van der Waals surface area contributed by atoms with Gasteiger partial charge in [0.2, 0.25) is 5.91 Å². The molecule has 0 saturated carbocycles. The zero-order chi connectivity index (χ0) is 19.5. The van der Waals surface area contributed by atoms with Crippen LogP contribution in [0.1, 0.15) is 15.9 Å². The summed E-state index contributed by atoms with van der Waals surface area (Å²) in [7, 11) is 0. The minimum atomic E-state index is -0.503. The number of nitrogens with zero attached hydrogens (tertiary/aromatic N) is 5. The molecular weight excluding hydrogens is 376 g/mol. The molecule has 1 fully saturated rings. The number of tetrazole rings is 1. The van der Waals surface area contributed by atoms with E-state index in [2.05, 4.69) is 20.8 Å². The van der Waals surface area contributed by atoms with Gasteiger partial charge in [-0.05, 0) is 53.2 Å². The molecule has 1 aliphatic rings. The first-order chi connectivity index (χ1) is 13.6. The molecule has 1 atom stereocenters. The van der Waals surface area contributed by atoms with Gasteiger partial charge in [0.15, 0.2) is 0 Å². The van der Waals surface area contributed by atoms with Crippen molar-refractivity contribution in [2.45, 2.75) is 13.0 Å². The summed E-state index contributed by atoms with van der Waals surface area (Å²) >= 11 is 1.57. The number of carbonyl (C=O) groups is 2. The van der Waals surface area contributed by atoms with Crippen molar-refractivity contribution in [1.82, 2.24) is 25.1 Å². The van der Waals surface area contributed by atoms with E-state index >= 15 is 0 Å². The molecule has 1 N–H and O–H groups in total. The molecule has 1 aromatic heterocycles. The Labute approximate surface area is 165 Å². The van der Waals surface area contributed by atoms with Gasteiger partial charge in [0.1, 0.15) is 12.4 Å². The molecule has 0 unspecified atom stereocenters. The lowest BCUT2D eigenvalue weighted by atomic mass is 10.1. The van der Waals surface area contributed by atoms with Crippen LogP contribution in [0.2, 0.25) is 0 Å². The van der Waals surface area contributed by atoms with Crippen LogP contribution in [-0.4, -0.2) is 54.6 Å². The van der Waals surface area contributed by atoms with Crippen LogP contribution in [0.3, 0.4) is 0 Å². The summed E-state index contributed by atoms with van der Waals surface area (Å²) in [6.07, 6.45) is 1.52. The number of hydrogen-bond acceptors (Lipinski definition) is 6. The SMILES string of the molecule is Cc1cc(NC(=O)[C@@H]2CSCN2C(=O)c2ccccc2)ccc1-n1cnnn1. The van der Waals surface area contributed by atoms with Gasteiger partial charge >= 0.3 is 0 Å². The second-order valence-electron chi connectivity index (χ2n) is 6.40. The van der Waals surface area contributed by atoms with Crippen LogP contribution in [0.4, 0.5) is 5.69 Å². The third kappa shape index (κ3) is 3.61. The van der Waals surface area contributed by atoms with E-state index in [0.29, 0.717) is 22.9 Å². The molecule has 28 heavy (non-hydrogen) atoms. The Kier molecular flexibility index (Phi) is 5.07. The van der Waals surface area contributed by atoms with Crippen LogP contribution >= 0.6 is 11.8 Å². The van der Waals surface area contributed by atoms with Crippen LogP contribution in [0.5, 0.6) is 0 Å². The molecule has 8 nitrogen and oxygen atoms in total. The average molecular weight is 394 g/mol. The molecule has 3 aromatic rings. The summed E-state index contributed by atoms with van der Waals surface area (Å²) in [4.78, 5) is 27.2. The maximum atomic E-state index is 12.8. The van der Waals surface area contributed by atoms with Crippen molar-refractivity contribution in [3.05, 3.63) is 66.0 Å². The Morgan fingerprint density at radius 3 is 2.71 bits per heavy atom. The van der Waals surface area contributed by atoms with E-state index in [1.54, 1.807) is 39.5 Å². The number of aromatic nitrogens is 4. The first-order valence-corrected chi connectivity index (χ1v) is 9.87. The van der Waals surface area contributed by atoms with E-state index in [0.717, 1.165) is 11.3 Å². The molecule has 2 heterocycles. The fraction of sp³-hybridized carbons (Fsp3) is 0.211. The number of amides is 2. The molecule has 0 radical (unpaired) electrons. The number of nitrogens with one attached hydrogen (secondary N) is 1. The zero-order valence-corrected chi connectivity index (χ0v) is 16.0. The van der Waals surface area contributed by atoms with Crippen LogP contribution in [0.25, 0.3) is 5.69 Å². The highest BCUT2D eigenvalue weighted by Gasteiger charge is 2.35. The summed E-state index contributed by atoms with van der Waals surface area (Å²) in [5.74, 6) is 0.759. The molecule has 0 spiro atoms. The van der Waals surface area contributed by atoms with Gasteiger partial charge in [0.25, 0.3) is 5.91 Å². The molecule has 9 heteroatoms. The fourth-order valence-electron chi connectivity index (χ4n) is 3.09. The summed E-state index contributed by atoms with van der Waals surface area (Å²) in [5.41, 5.74) is 3.01. The molecular formula is C19H18N6O2S. The summed E-state index contributed by atoms with van der Waals surface area (Å²) in [6.45, 7) is 1.92. The fourth-order valence-corrected chi connectivity index (χ4v) is 4.25. The van der Waals surface area contributed by atoms with Gasteiger partial charge in [-0.1, -0.05) is 18.2 Å². The van der Waals surface area contributed by atoms with Crippen LogP contribution in [0, 0.1) is 6.92 Å². The number of anilines is 1. The van der Waals surface area contributed by atoms with Gasteiger partial charge in [-0.25, -0.2) is 4.68 Å². The normalized spacial score (nSPS) is 16.2. The number of benzene rings is 2. The number of hydrogen-bond donors (Lipinski definition) is 1. The van der Waals surface area contributed by atoms with Crippen molar-refractivity contribution in [1.29, 1.82) is 0 Å². The summed E-state index contributed by atoms with van der Waals surface area (Å²) < 4.78 is 1.56. The van der Waals surface area contributed by atoms with Crippen molar-refractivity contribution in [3.63, 3.8) is 0 Å². The van der Waals surface area contributed by atoms with E-state index in [9.17, 15) is 9.59 Å². The van der Waals surface area contributed by atoms with Crippen molar-refractivity contribution in [2.75, 3.05) is 16.9 Å². The topological polar surface area (TPSA) is 93.0 Å². The Hall–Kier alpha value is -3.20. The molecule has 1 aliphatic heterocycles. The van der Waals surface area contributed by atoms with Gasteiger partial charge in [-0.15, -0.1) is 16.9 Å². The van der Waals surface area contributed by atoms with Crippen LogP contribution in [-0.2, 0) is 4.79 Å². The second kappa shape index (κ2) is 7.81. The predicted octanol–water partition coefficient (Wildman–Crippen LogP) is 2.12. The maximum absolute atomic E-state index is 12.8. The molecule has 142 valence electrons. The standard InChI is InChI=1S/C19H18N6O2S/c1-13-9-15(7-8-16(13)25-11-20-22-23-25)21-18(26)17-10-28-12-24(17)19(27)14-5-3-2-4-6-14/h2-9,11,17H,10,12H2,1H3,(H,21,26)/t17-/m0/s1. The van der Waals surface area contributed by atoms with Gasteiger partial charge in [-0.2, -0.15) is 0 Å². The number of rotatable bonds is 4. The molecule has 0 aliphatic carbocycles. The smallest absolute Gasteiger partial charge is 0.255 e. The average Bonchev–Trinajstić information content (AvgIpc) is 3.40. The monoisotopic (exact) mass is 394 g/mol. The molecule has 2 amide bonds. The largest absolute Gasteiger partial charge is 0.324 e. The predicted molar refractivity (Wildman–Crippen MR) is 106 cm³/mol. The van der Waals surface area contributed by atoms with E-state index < -0.39 is 6.04 Å².